The molecule has 1 saturated carbocycles. The standard InChI is InChI=1S/C23H41NOSi.2ClH.Ti/c1-5-19-17-20(16-18(19)2)23(22(24)25)15-13-11-9-7-6-8-10-12-14-21(23)26(3)4;;;/h17,21,26H,5-16H2,1-4H3,(H2,24,25);2*1H;/q;;;+3/p-3. The van der Waals surface area contributed by atoms with Crippen molar-refractivity contribution < 1.29 is 50.3 Å². The van der Waals surface area contributed by atoms with Crippen LogP contribution >= 0.6 is 0 Å². The summed E-state index contributed by atoms with van der Waals surface area (Å²) in [5.74, 6) is 0.308. The molecule has 0 aromatic rings. The second-order valence-corrected chi connectivity index (χ2v) is 12.8. The van der Waals surface area contributed by atoms with E-state index >= 15 is 0 Å². The van der Waals surface area contributed by atoms with Gasteiger partial charge in [0.1, 0.15) is 0 Å². The molecule has 2 unspecified atom stereocenters. The molecule has 0 radical (unpaired) electrons. The Bertz CT molecular complexity index is 579. The van der Waals surface area contributed by atoms with Gasteiger partial charge in [-0.1, -0.05) is 0 Å². The van der Waals surface area contributed by atoms with Crippen LogP contribution in [0.15, 0.2) is 22.8 Å². The van der Waals surface area contributed by atoms with E-state index in [1.807, 2.05) is 20.7 Å². The van der Waals surface area contributed by atoms with Crippen LogP contribution in [0.5, 0.6) is 0 Å². The quantitative estimate of drug-likeness (QED) is 0.565. The molecule has 0 aromatic carbocycles. The summed E-state index contributed by atoms with van der Waals surface area (Å²) >= 11 is 1.86. The van der Waals surface area contributed by atoms with Gasteiger partial charge in [0, 0.05) is 0 Å². The minimum Gasteiger partial charge on any atom is -1.00 e. The van der Waals surface area contributed by atoms with Gasteiger partial charge < -0.3 is 24.8 Å². The molecule has 0 bridgehead atoms. The van der Waals surface area contributed by atoms with E-state index in [1.54, 1.807) is 0 Å². The van der Waals surface area contributed by atoms with Gasteiger partial charge in [-0.05, 0) is 0 Å². The van der Waals surface area contributed by atoms with E-state index in [1.165, 1.54) is 74.5 Å². The molecule has 2 aliphatic carbocycles. The van der Waals surface area contributed by atoms with Gasteiger partial charge in [0.05, 0.1) is 0 Å². The van der Waals surface area contributed by atoms with Crippen molar-refractivity contribution in [1.82, 2.24) is 3.80 Å². The Morgan fingerprint density at radius 2 is 1.66 bits per heavy atom. The third-order valence-corrected chi connectivity index (χ3v) is 9.97. The fourth-order valence-corrected chi connectivity index (χ4v) is 8.50. The molecule has 2 aliphatic rings. The molecule has 2 atom stereocenters. The number of hydrogen-bond donors (Lipinski definition) is 1. The predicted molar refractivity (Wildman–Crippen MR) is 115 cm³/mol. The number of rotatable bonds is 4. The Kier molecular flexibility index (Phi) is 14.7. The first kappa shape index (κ1) is 29.5. The summed E-state index contributed by atoms with van der Waals surface area (Å²) < 4.78 is 3.12. The van der Waals surface area contributed by atoms with Gasteiger partial charge in [0.2, 0.25) is 0 Å². The summed E-state index contributed by atoms with van der Waals surface area (Å²) in [6.07, 6.45) is 17.5. The molecule has 6 heteroatoms. The molecular weight excluding hydrogens is 453 g/mol. The third-order valence-electron chi connectivity index (χ3n) is 7.10. The van der Waals surface area contributed by atoms with Crippen molar-refractivity contribution in [2.24, 2.45) is 5.41 Å². The number of carbonyl (C=O) groups is 1. The second-order valence-electron chi connectivity index (χ2n) is 9.15. The molecule has 1 amide bonds. The van der Waals surface area contributed by atoms with Crippen LogP contribution in [0.1, 0.15) is 90.9 Å². The maximum absolute atomic E-state index is 13.6. The van der Waals surface area contributed by atoms with E-state index in [4.69, 9.17) is 0 Å². The number of amides is 1. The summed E-state index contributed by atoms with van der Waals surface area (Å²) in [4.78, 5) is 13.6. The van der Waals surface area contributed by atoms with Crippen molar-refractivity contribution in [3.05, 3.63) is 22.8 Å². The van der Waals surface area contributed by atoms with E-state index in [2.05, 4.69) is 36.8 Å². The van der Waals surface area contributed by atoms with Gasteiger partial charge in [0.15, 0.2) is 0 Å². The molecule has 29 heavy (non-hydrogen) atoms. The number of nitrogens with one attached hydrogen (secondary N) is 1. The molecule has 1 fully saturated rings. The number of halogens is 2. The minimum atomic E-state index is -0.983. The minimum absolute atomic E-state index is 0. The van der Waals surface area contributed by atoms with Crippen LogP contribution in [-0.2, 0) is 25.5 Å². The summed E-state index contributed by atoms with van der Waals surface area (Å²) in [5.41, 5.74) is 4.73. The van der Waals surface area contributed by atoms with Crippen LogP contribution < -0.4 is 28.6 Å². The zero-order chi connectivity index (χ0) is 19.9. The molecule has 2 rings (SSSR count). The number of allylic oxidation sites excluding steroid dienone is 3. The van der Waals surface area contributed by atoms with Crippen LogP contribution in [-0.4, -0.2) is 14.7 Å². The molecule has 0 aromatic heterocycles. The fraction of sp³-hybridized carbons (Fsp3) is 0.783. The van der Waals surface area contributed by atoms with Crippen molar-refractivity contribution in [3.63, 3.8) is 0 Å². The fourth-order valence-electron chi connectivity index (χ4n) is 5.57. The average molecular weight is 493 g/mol. The zero-order valence-electron chi connectivity index (χ0n) is 18.9. The maximum Gasteiger partial charge on any atom is -1.00 e. The average Bonchev–Trinajstić information content (AvgIpc) is 3.02. The molecule has 0 heterocycles. The molecule has 2 nitrogen and oxygen atoms in total. The molecule has 0 spiro atoms. The van der Waals surface area contributed by atoms with Gasteiger partial charge in [-0.2, -0.15) is 0 Å². The van der Waals surface area contributed by atoms with Crippen molar-refractivity contribution in [1.29, 1.82) is 0 Å². The van der Waals surface area contributed by atoms with Gasteiger partial charge in [-0.3, -0.25) is 0 Å². The van der Waals surface area contributed by atoms with E-state index < -0.39 is 8.80 Å². The zero-order valence-corrected chi connectivity index (χ0v) is 23.1. The third kappa shape index (κ3) is 7.24. The monoisotopic (exact) mass is 492 g/mol. The first-order valence-corrected chi connectivity index (χ1v) is 15.1. The number of hydrogen-bond acceptors (Lipinski definition) is 1. The summed E-state index contributed by atoms with van der Waals surface area (Å²) in [6, 6.07) is 0. The summed E-state index contributed by atoms with van der Waals surface area (Å²) in [5, 5.41) is 0. The molecule has 0 aliphatic heterocycles. The van der Waals surface area contributed by atoms with E-state index in [9.17, 15) is 4.79 Å². The van der Waals surface area contributed by atoms with Crippen LogP contribution in [0.2, 0.25) is 18.6 Å². The van der Waals surface area contributed by atoms with E-state index in [0.29, 0.717) is 11.4 Å². The van der Waals surface area contributed by atoms with Crippen LogP contribution in [0.25, 0.3) is 0 Å². The SMILES string of the molecule is CCC1=C(C)CC(C2(C(=O)[NH][Ti+2])CCCCCCCCCCC2[SiH](C)C)=C1.[Cl-].[Cl-]. The van der Waals surface area contributed by atoms with Crippen molar-refractivity contribution in [3.8, 4) is 0 Å². The largest absolute Gasteiger partial charge is 1.00 e. The van der Waals surface area contributed by atoms with Crippen molar-refractivity contribution >= 4 is 14.7 Å². The molecule has 165 valence electrons. The Balaban J connectivity index is 0.00000392. The van der Waals surface area contributed by atoms with Gasteiger partial charge in [0.25, 0.3) is 0 Å². The van der Waals surface area contributed by atoms with Crippen molar-refractivity contribution in [2.75, 3.05) is 0 Å². The molecule has 1 N–H and O–H groups in total. The Morgan fingerprint density at radius 3 is 2.14 bits per heavy atom. The van der Waals surface area contributed by atoms with Gasteiger partial charge in [-0.25, -0.2) is 0 Å². The number of carbonyl (C=O) groups excluding carboxylic acids is 1. The maximum atomic E-state index is 13.6. The van der Waals surface area contributed by atoms with E-state index in [0.717, 1.165) is 19.3 Å². The summed E-state index contributed by atoms with van der Waals surface area (Å²) in [7, 11) is -0.983. The first-order chi connectivity index (χ1) is 13.0. The van der Waals surface area contributed by atoms with Crippen molar-refractivity contribution in [2.45, 2.75) is 110 Å². The van der Waals surface area contributed by atoms with E-state index in [-0.39, 0.29) is 30.2 Å². The normalized spacial score (nSPS) is 26.6. The Labute approximate surface area is 205 Å². The van der Waals surface area contributed by atoms with Crippen LogP contribution in [0.4, 0.5) is 0 Å². The summed E-state index contributed by atoms with van der Waals surface area (Å²) in [6.45, 7) is 9.48. The van der Waals surface area contributed by atoms with Gasteiger partial charge >= 0.3 is 182 Å². The predicted octanol–water partition coefficient (Wildman–Crippen LogP) is 0.387. The first-order valence-electron chi connectivity index (χ1n) is 11.3. The molecular formula is C23H40Cl2NOSiTi. The topological polar surface area (TPSA) is 29.1 Å². The Morgan fingerprint density at radius 1 is 1.10 bits per heavy atom. The Hall–Kier alpha value is 0.461. The van der Waals surface area contributed by atoms with Gasteiger partial charge in [-0.15, -0.1) is 0 Å². The second kappa shape index (κ2) is 14.5. The van der Waals surface area contributed by atoms with Crippen LogP contribution in [0, 0.1) is 5.41 Å². The molecule has 0 saturated heterocycles. The van der Waals surface area contributed by atoms with Crippen LogP contribution in [0.3, 0.4) is 0 Å². The smallest absolute Gasteiger partial charge is 1.00 e.